The highest BCUT2D eigenvalue weighted by Gasteiger charge is 2.18. The van der Waals surface area contributed by atoms with Crippen LogP contribution in [0.4, 0.5) is 4.39 Å². The second-order valence-electron chi connectivity index (χ2n) is 5.21. The molecule has 0 unspecified atom stereocenters. The molecule has 1 N–H and O–H groups in total. The van der Waals surface area contributed by atoms with Gasteiger partial charge in [0.2, 0.25) is 0 Å². The summed E-state index contributed by atoms with van der Waals surface area (Å²) in [4.78, 5) is 15.7. The van der Waals surface area contributed by atoms with Gasteiger partial charge in [-0.15, -0.1) is 0 Å². The van der Waals surface area contributed by atoms with E-state index in [-0.39, 0.29) is 11.3 Å². The molecule has 3 aromatic rings. The van der Waals surface area contributed by atoms with E-state index in [9.17, 15) is 9.18 Å². The van der Waals surface area contributed by atoms with E-state index in [1.54, 1.807) is 25.3 Å². The maximum absolute atomic E-state index is 14.0. The van der Waals surface area contributed by atoms with Crippen LogP contribution in [0.3, 0.4) is 0 Å². The number of aryl methyl sites for hydroxylation is 2. The fourth-order valence-electron chi connectivity index (χ4n) is 2.65. The zero-order valence-corrected chi connectivity index (χ0v) is 12.0. The second-order valence-corrected chi connectivity index (χ2v) is 5.21. The van der Waals surface area contributed by atoms with Crippen molar-refractivity contribution in [1.29, 1.82) is 0 Å². The van der Waals surface area contributed by atoms with Crippen molar-refractivity contribution < 1.29 is 9.18 Å². The van der Waals surface area contributed by atoms with Gasteiger partial charge in [-0.05, 0) is 36.6 Å². The molecule has 1 aromatic heterocycles. The number of fused-ring (bicyclic) bond motifs is 1. The van der Waals surface area contributed by atoms with Crippen molar-refractivity contribution in [3.63, 3.8) is 0 Å². The number of carbonyl (C=O) groups excluding carboxylic acids is 1. The van der Waals surface area contributed by atoms with Crippen LogP contribution in [0.1, 0.15) is 34.0 Å². The number of aromatic nitrogens is 1. The van der Waals surface area contributed by atoms with E-state index in [4.69, 9.17) is 0 Å². The van der Waals surface area contributed by atoms with Gasteiger partial charge in [0, 0.05) is 22.7 Å². The number of hydrogen-bond acceptors (Lipinski definition) is 1. The molecule has 0 fully saturated rings. The van der Waals surface area contributed by atoms with Crippen LogP contribution in [0.5, 0.6) is 0 Å². The van der Waals surface area contributed by atoms with E-state index in [1.165, 1.54) is 6.07 Å². The van der Waals surface area contributed by atoms with Gasteiger partial charge in [0.05, 0.1) is 5.56 Å². The summed E-state index contributed by atoms with van der Waals surface area (Å²) in [6.45, 7) is 3.87. The molecule has 0 aliphatic carbocycles. The predicted molar refractivity (Wildman–Crippen MR) is 82.2 cm³/mol. The summed E-state index contributed by atoms with van der Waals surface area (Å²) in [6.07, 6.45) is 2.55. The Hall–Kier alpha value is -2.42. The van der Waals surface area contributed by atoms with E-state index in [2.05, 4.69) is 11.9 Å². The lowest BCUT2D eigenvalue weighted by Crippen LogP contribution is -2.03. The summed E-state index contributed by atoms with van der Waals surface area (Å²) in [5.41, 5.74) is 3.54. The SMILES string of the molecule is CCc1cccc2c(C(=O)c3ccc(C)cc3F)c[nH]c12. The molecule has 0 saturated heterocycles. The van der Waals surface area contributed by atoms with Crippen LogP contribution in [0.25, 0.3) is 10.9 Å². The fourth-order valence-corrected chi connectivity index (χ4v) is 2.65. The fraction of sp³-hybridized carbons (Fsp3) is 0.167. The quantitative estimate of drug-likeness (QED) is 0.709. The number of benzene rings is 2. The van der Waals surface area contributed by atoms with Crippen LogP contribution in [-0.2, 0) is 6.42 Å². The molecule has 0 radical (unpaired) electrons. The second kappa shape index (κ2) is 5.17. The molecular weight excluding hydrogens is 265 g/mol. The monoisotopic (exact) mass is 281 g/mol. The topological polar surface area (TPSA) is 32.9 Å². The molecule has 3 heteroatoms. The van der Waals surface area contributed by atoms with Crippen LogP contribution < -0.4 is 0 Å². The Labute approximate surface area is 122 Å². The summed E-state index contributed by atoms with van der Waals surface area (Å²) in [7, 11) is 0. The molecule has 0 amide bonds. The van der Waals surface area contributed by atoms with Crippen LogP contribution in [-0.4, -0.2) is 10.8 Å². The minimum Gasteiger partial charge on any atom is -0.360 e. The lowest BCUT2D eigenvalue weighted by Gasteiger charge is -2.04. The van der Waals surface area contributed by atoms with Gasteiger partial charge >= 0.3 is 0 Å². The highest BCUT2D eigenvalue weighted by atomic mass is 19.1. The summed E-state index contributed by atoms with van der Waals surface area (Å²) in [5, 5.41) is 0.847. The molecular formula is C18H16FNO. The minimum atomic E-state index is -0.471. The van der Waals surface area contributed by atoms with Crippen molar-refractivity contribution in [2.75, 3.05) is 0 Å². The Balaban J connectivity index is 2.14. The molecule has 0 aliphatic rings. The number of ketones is 1. The third-order valence-corrected chi connectivity index (χ3v) is 3.80. The number of carbonyl (C=O) groups is 1. The van der Waals surface area contributed by atoms with Gasteiger partial charge in [-0.1, -0.05) is 31.2 Å². The van der Waals surface area contributed by atoms with Gasteiger partial charge in [0.15, 0.2) is 5.78 Å². The molecule has 2 nitrogen and oxygen atoms in total. The molecule has 3 rings (SSSR count). The van der Waals surface area contributed by atoms with Crippen LogP contribution in [0.15, 0.2) is 42.6 Å². The molecule has 0 bridgehead atoms. The third kappa shape index (κ3) is 2.25. The van der Waals surface area contributed by atoms with Crippen molar-refractivity contribution in [3.05, 3.63) is 70.7 Å². The average molecular weight is 281 g/mol. The average Bonchev–Trinajstić information content (AvgIpc) is 2.90. The Morgan fingerprint density at radius 3 is 2.71 bits per heavy atom. The van der Waals surface area contributed by atoms with E-state index in [1.807, 2.05) is 18.2 Å². The van der Waals surface area contributed by atoms with Gasteiger partial charge < -0.3 is 4.98 Å². The third-order valence-electron chi connectivity index (χ3n) is 3.80. The van der Waals surface area contributed by atoms with Crippen molar-refractivity contribution in [2.45, 2.75) is 20.3 Å². The summed E-state index contributed by atoms with van der Waals surface area (Å²) >= 11 is 0. The van der Waals surface area contributed by atoms with E-state index in [0.29, 0.717) is 5.56 Å². The van der Waals surface area contributed by atoms with E-state index >= 15 is 0 Å². The molecule has 2 aromatic carbocycles. The van der Waals surface area contributed by atoms with Crippen LogP contribution in [0, 0.1) is 12.7 Å². The molecule has 0 saturated carbocycles. The number of nitrogens with one attached hydrogen (secondary N) is 1. The first kappa shape index (κ1) is 13.6. The van der Waals surface area contributed by atoms with Gasteiger partial charge in [-0.2, -0.15) is 0 Å². The smallest absolute Gasteiger partial charge is 0.198 e. The van der Waals surface area contributed by atoms with Crippen molar-refractivity contribution >= 4 is 16.7 Å². The van der Waals surface area contributed by atoms with Crippen molar-refractivity contribution in [2.24, 2.45) is 0 Å². The molecule has 0 aliphatic heterocycles. The standard InChI is InChI=1S/C18H16FNO/c1-3-12-5-4-6-13-15(10-20-17(12)13)18(21)14-8-7-11(2)9-16(14)19/h4-10,20H,3H2,1-2H3. The largest absolute Gasteiger partial charge is 0.360 e. The highest BCUT2D eigenvalue weighted by Crippen LogP contribution is 2.25. The van der Waals surface area contributed by atoms with Crippen molar-refractivity contribution in [3.8, 4) is 0 Å². The van der Waals surface area contributed by atoms with E-state index in [0.717, 1.165) is 28.5 Å². The van der Waals surface area contributed by atoms with Crippen LogP contribution in [0.2, 0.25) is 0 Å². The first-order valence-electron chi connectivity index (χ1n) is 7.01. The number of aromatic amines is 1. The molecule has 0 spiro atoms. The summed E-state index contributed by atoms with van der Waals surface area (Å²) < 4.78 is 14.0. The molecule has 106 valence electrons. The number of para-hydroxylation sites is 1. The molecule has 1 heterocycles. The number of H-pyrrole nitrogens is 1. The van der Waals surface area contributed by atoms with Gasteiger partial charge in [-0.3, -0.25) is 4.79 Å². The Morgan fingerprint density at radius 1 is 1.19 bits per heavy atom. The van der Waals surface area contributed by atoms with Gasteiger partial charge in [0.1, 0.15) is 5.82 Å². The minimum absolute atomic E-state index is 0.114. The van der Waals surface area contributed by atoms with Gasteiger partial charge in [0.25, 0.3) is 0 Å². The lowest BCUT2D eigenvalue weighted by atomic mass is 9.99. The molecule has 0 atom stereocenters. The normalized spacial score (nSPS) is 11.0. The van der Waals surface area contributed by atoms with Crippen LogP contribution >= 0.6 is 0 Å². The first-order valence-corrected chi connectivity index (χ1v) is 7.01. The maximum atomic E-state index is 14.0. The highest BCUT2D eigenvalue weighted by molar-refractivity contribution is 6.16. The van der Waals surface area contributed by atoms with Crippen molar-refractivity contribution in [1.82, 2.24) is 4.98 Å². The maximum Gasteiger partial charge on any atom is 0.198 e. The van der Waals surface area contributed by atoms with E-state index < -0.39 is 5.82 Å². The zero-order chi connectivity index (χ0) is 15.0. The zero-order valence-electron chi connectivity index (χ0n) is 12.0. The summed E-state index contributed by atoms with van der Waals surface area (Å²) in [5.74, 6) is -0.756. The number of rotatable bonds is 3. The van der Waals surface area contributed by atoms with Gasteiger partial charge in [-0.25, -0.2) is 4.39 Å². The Bertz CT molecular complexity index is 832. The summed E-state index contributed by atoms with van der Waals surface area (Å²) in [6, 6.07) is 10.5. The Morgan fingerprint density at radius 2 is 2.00 bits per heavy atom. The first-order chi connectivity index (χ1) is 10.1. The Kier molecular flexibility index (Phi) is 3.34. The number of halogens is 1. The lowest BCUT2D eigenvalue weighted by molar-refractivity contribution is 0.103. The predicted octanol–water partition coefficient (Wildman–Crippen LogP) is 4.41. The number of hydrogen-bond donors (Lipinski definition) is 1. The molecule has 21 heavy (non-hydrogen) atoms.